The van der Waals surface area contributed by atoms with E-state index in [1.165, 1.54) is 6.42 Å². The highest BCUT2D eigenvalue weighted by Crippen LogP contribution is 2.21. The quantitative estimate of drug-likeness (QED) is 0.837. The summed E-state index contributed by atoms with van der Waals surface area (Å²) in [5.74, 6) is 1.47. The molecule has 0 aliphatic carbocycles. The van der Waals surface area contributed by atoms with E-state index < -0.39 is 0 Å². The van der Waals surface area contributed by atoms with E-state index in [0.29, 0.717) is 12.5 Å². The third-order valence-electron chi connectivity index (χ3n) is 4.68. The summed E-state index contributed by atoms with van der Waals surface area (Å²) in [6.45, 7) is 3.03. The average molecular weight is 375 g/mol. The van der Waals surface area contributed by atoms with Crippen LogP contribution in [0.5, 0.6) is 5.75 Å². The predicted octanol–water partition coefficient (Wildman–Crippen LogP) is 3.76. The Bertz CT molecular complexity index is 691. The van der Waals surface area contributed by atoms with Crippen molar-refractivity contribution in [2.24, 2.45) is 5.92 Å². The summed E-state index contributed by atoms with van der Waals surface area (Å²) in [4.78, 5) is 15.0. The smallest absolute Gasteiger partial charge is 0.254 e. The molecule has 0 radical (unpaired) electrons. The maximum atomic E-state index is 13.0. The molecule has 5 heteroatoms. The summed E-state index contributed by atoms with van der Waals surface area (Å²) >= 11 is 0. The van der Waals surface area contributed by atoms with Crippen molar-refractivity contribution in [1.29, 1.82) is 0 Å². The molecule has 1 amide bonds. The number of carbonyl (C=O) groups is 1. The number of nitrogens with one attached hydrogen (secondary N) is 1. The van der Waals surface area contributed by atoms with Crippen molar-refractivity contribution >= 4 is 18.3 Å². The van der Waals surface area contributed by atoms with Crippen LogP contribution in [-0.4, -0.2) is 37.5 Å². The third kappa shape index (κ3) is 5.23. The number of nitrogens with zero attached hydrogens (tertiary/aromatic N) is 1. The number of piperidine rings is 1. The van der Waals surface area contributed by atoms with E-state index in [-0.39, 0.29) is 18.3 Å². The van der Waals surface area contributed by atoms with Gasteiger partial charge < -0.3 is 15.0 Å². The van der Waals surface area contributed by atoms with Gasteiger partial charge in [-0.2, -0.15) is 0 Å². The van der Waals surface area contributed by atoms with E-state index in [4.69, 9.17) is 4.74 Å². The summed E-state index contributed by atoms with van der Waals surface area (Å²) in [5, 5.41) is 3.23. The normalized spacial score (nSPS) is 16.7. The summed E-state index contributed by atoms with van der Waals surface area (Å²) in [6, 6.07) is 17.5. The zero-order valence-electron chi connectivity index (χ0n) is 15.2. The molecule has 1 saturated heterocycles. The fraction of sp³-hybridized carbons (Fsp3) is 0.381. The maximum absolute atomic E-state index is 13.0. The van der Waals surface area contributed by atoms with Gasteiger partial charge in [-0.05, 0) is 50.6 Å². The molecule has 1 aliphatic heterocycles. The minimum atomic E-state index is 0. The summed E-state index contributed by atoms with van der Waals surface area (Å²) < 4.78 is 5.85. The molecule has 2 aromatic carbocycles. The predicted molar refractivity (Wildman–Crippen MR) is 107 cm³/mol. The van der Waals surface area contributed by atoms with E-state index >= 15 is 0 Å². The van der Waals surface area contributed by atoms with Crippen molar-refractivity contribution < 1.29 is 9.53 Å². The van der Waals surface area contributed by atoms with Gasteiger partial charge in [0.25, 0.3) is 5.91 Å². The summed E-state index contributed by atoms with van der Waals surface area (Å²) in [6.07, 6.45) is 2.25. The van der Waals surface area contributed by atoms with Crippen molar-refractivity contribution in [3.8, 4) is 5.75 Å². The molecule has 0 saturated carbocycles. The van der Waals surface area contributed by atoms with E-state index in [9.17, 15) is 4.79 Å². The monoisotopic (exact) mass is 374 g/mol. The first-order valence-electron chi connectivity index (χ1n) is 8.97. The van der Waals surface area contributed by atoms with E-state index in [1.807, 2.05) is 66.5 Å². The van der Waals surface area contributed by atoms with Crippen LogP contribution in [0.3, 0.4) is 0 Å². The second-order valence-electron chi connectivity index (χ2n) is 6.58. The first kappa shape index (κ1) is 20.3. The Balaban J connectivity index is 0.00000243. The van der Waals surface area contributed by atoms with E-state index in [0.717, 1.165) is 42.9 Å². The van der Waals surface area contributed by atoms with Crippen molar-refractivity contribution in [2.45, 2.75) is 19.4 Å². The fourth-order valence-electron chi connectivity index (χ4n) is 3.41. The zero-order valence-corrected chi connectivity index (χ0v) is 16.0. The molecule has 1 heterocycles. The number of rotatable bonds is 6. The molecule has 1 atom stereocenters. The number of halogens is 1. The number of amides is 1. The Morgan fingerprint density at radius 2 is 1.88 bits per heavy atom. The van der Waals surface area contributed by atoms with Crippen LogP contribution in [0.25, 0.3) is 0 Å². The Morgan fingerprint density at radius 3 is 2.65 bits per heavy atom. The number of benzene rings is 2. The maximum Gasteiger partial charge on any atom is 0.254 e. The molecule has 0 aromatic heterocycles. The second kappa shape index (κ2) is 10.2. The number of likely N-dealkylation sites (tertiary alicyclic amines) is 1. The number of hydrogen-bond donors (Lipinski definition) is 1. The molecule has 140 valence electrons. The SMILES string of the molecule is CNCC1CCCN(C(=O)c2ccccc2COc2ccccc2)C1.Cl. The topological polar surface area (TPSA) is 41.6 Å². The first-order valence-corrected chi connectivity index (χ1v) is 8.97. The lowest BCUT2D eigenvalue weighted by Gasteiger charge is -2.33. The van der Waals surface area contributed by atoms with Crippen LogP contribution in [0.2, 0.25) is 0 Å². The summed E-state index contributed by atoms with van der Waals surface area (Å²) in [7, 11) is 1.97. The molecule has 1 fully saturated rings. The lowest BCUT2D eigenvalue weighted by molar-refractivity contribution is 0.0671. The lowest BCUT2D eigenvalue weighted by atomic mass is 9.96. The van der Waals surface area contributed by atoms with E-state index in [1.54, 1.807) is 0 Å². The van der Waals surface area contributed by atoms with Gasteiger partial charge >= 0.3 is 0 Å². The van der Waals surface area contributed by atoms with Gasteiger partial charge in [0, 0.05) is 24.2 Å². The second-order valence-corrected chi connectivity index (χ2v) is 6.58. The molecule has 1 N–H and O–H groups in total. The molecular weight excluding hydrogens is 348 g/mol. The Hall–Kier alpha value is -2.04. The number of hydrogen-bond acceptors (Lipinski definition) is 3. The number of ether oxygens (including phenoxy) is 1. The largest absolute Gasteiger partial charge is 0.489 e. The molecule has 0 bridgehead atoms. The van der Waals surface area contributed by atoms with Crippen LogP contribution >= 0.6 is 12.4 Å². The highest BCUT2D eigenvalue weighted by molar-refractivity contribution is 5.95. The minimum Gasteiger partial charge on any atom is -0.489 e. The minimum absolute atomic E-state index is 0. The van der Waals surface area contributed by atoms with Gasteiger partial charge in [0.05, 0.1) is 0 Å². The molecule has 1 aliphatic rings. The molecule has 3 rings (SSSR count). The van der Waals surface area contributed by atoms with Crippen molar-refractivity contribution in [3.05, 3.63) is 65.7 Å². The Morgan fingerprint density at radius 1 is 1.15 bits per heavy atom. The molecular formula is C21H27ClN2O2. The van der Waals surface area contributed by atoms with Gasteiger partial charge in [0.1, 0.15) is 12.4 Å². The van der Waals surface area contributed by atoms with Crippen molar-refractivity contribution in [1.82, 2.24) is 10.2 Å². The average Bonchev–Trinajstić information content (AvgIpc) is 2.67. The zero-order chi connectivity index (χ0) is 17.5. The first-order chi connectivity index (χ1) is 12.3. The molecule has 2 aromatic rings. The highest BCUT2D eigenvalue weighted by Gasteiger charge is 2.25. The van der Waals surface area contributed by atoms with Gasteiger partial charge in [-0.25, -0.2) is 0 Å². The van der Waals surface area contributed by atoms with Crippen LogP contribution < -0.4 is 10.1 Å². The Kier molecular flexibility index (Phi) is 7.95. The Labute approximate surface area is 162 Å². The molecule has 0 spiro atoms. The van der Waals surface area contributed by atoms with Gasteiger partial charge in [0.15, 0.2) is 0 Å². The third-order valence-corrected chi connectivity index (χ3v) is 4.68. The van der Waals surface area contributed by atoms with Crippen LogP contribution in [0.1, 0.15) is 28.8 Å². The van der Waals surface area contributed by atoms with Gasteiger partial charge in [0.2, 0.25) is 0 Å². The molecule has 26 heavy (non-hydrogen) atoms. The molecule has 4 nitrogen and oxygen atoms in total. The lowest BCUT2D eigenvalue weighted by Crippen LogP contribution is -2.42. The fourth-order valence-corrected chi connectivity index (χ4v) is 3.41. The highest BCUT2D eigenvalue weighted by atomic mass is 35.5. The van der Waals surface area contributed by atoms with Crippen LogP contribution in [-0.2, 0) is 6.61 Å². The van der Waals surface area contributed by atoms with Gasteiger partial charge in [-0.1, -0.05) is 36.4 Å². The van der Waals surface area contributed by atoms with Crippen LogP contribution in [0, 0.1) is 5.92 Å². The van der Waals surface area contributed by atoms with Crippen LogP contribution in [0.4, 0.5) is 0 Å². The summed E-state index contributed by atoms with van der Waals surface area (Å²) in [5.41, 5.74) is 1.69. The van der Waals surface area contributed by atoms with Crippen molar-refractivity contribution in [2.75, 3.05) is 26.7 Å². The number of para-hydroxylation sites is 1. The van der Waals surface area contributed by atoms with E-state index in [2.05, 4.69) is 5.32 Å². The van der Waals surface area contributed by atoms with Gasteiger partial charge in [-0.15, -0.1) is 12.4 Å². The van der Waals surface area contributed by atoms with Crippen molar-refractivity contribution in [3.63, 3.8) is 0 Å². The standard InChI is InChI=1S/C21H26N2O2.ClH/c1-22-14-17-8-7-13-23(15-17)21(24)20-12-6-5-9-18(20)16-25-19-10-3-2-4-11-19;/h2-6,9-12,17,22H,7-8,13-16H2,1H3;1H. The van der Waals surface area contributed by atoms with Crippen LogP contribution in [0.15, 0.2) is 54.6 Å². The molecule has 1 unspecified atom stereocenters. The number of carbonyl (C=O) groups excluding carboxylic acids is 1. The van der Waals surface area contributed by atoms with Gasteiger partial charge in [-0.3, -0.25) is 4.79 Å².